The molecular weight excluding hydrogens is 756 g/mol. The fourth-order valence-electron chi connectivity index (χ4n) is 4.84. The summed E-state index contributed by atoms with van der Waals surface area (Å²) in [5.41, 5.74) is -0.686. The van der Waals surface area contributed by atoms with E-state index in [1.807, 2.05) is 24.3 Å². The van der Waals surface area contributed by atoms with Crippen LogP contribution in [-0.4, -0.2) is 39.6 Å². The Bertz CT molecular complexity index is 1130. The van der Waals surface area contributed by atoms with E-state index in [4.69, 9.17) is 28.4 Å². The maximum absolute atomic E-state index is 11.3. The summed E-state index contributed by atoms with van der Waals surface area (Å²) in [6.45, 7) is 23.1. The van der Waals surface area contributed by atoms with Gasteiger partial charge in [0.1, 0.15) is 0 Å². The third-order valence-corrected chi connectivity index (χ3v) is 8.35. The van der Waals surface area contributed by atoms with E-state index in [1.54, 1.807) is 27.7 Å². The summed E-state index contributed by atoms with van der Waals surface area (Å²) in [7, 11) is 0. The molecule has 0 aliphatic carbocycles. The normalized spacial score (nSPS) is 11.2. The van der Waals surface area contributed by atoms with Gasteiger partial charge in [-0.05, 0) is 90.5 Å². The van der Waals surface area contributed by atoms with Gasteiger partial charge in [0.15, 0.2) is 23.0 Å². The second kappa shape index (κ2) is 29.3. The third kappa shape index (κ3) is 18.0. The summed E-state index contributed by atoms with van der Waals surface area (Å²) in [5.74, 6) is 3.59. The van der Waals surface area contributed by atoms with E-state index in [-0.39, 0.29) is 26.2 Å². The number of rotatable bonds is 28. The maximum atomic E-state index is 11.3. The molecule has 0 radical (unpaired) electrons. The summed E-state index contributed by atoms with van der Waals surface area (Å²) in [6.07, 6.45) is 11.9. The first-order chi connectivity index (χ1) is 25.0. The van der Waals surface area contributed by atoms with Crippen molar-refractivity contribution in [1.82, 2.24) is 0 Å². The van der Waals surface area contributed by atoms with Crippen molar-refractivity contribution in [3.63, 3.8) is 0 Å². The van der Waals surface area contributed by atoms with Crippen LogP contribution in [0.2, 0.25) is 0 Å². The molecule has 0 bridgehead atoms. The quantitative estimate of drug-likeness (QED) is 0.0466. The van der Waals surface area contributed by atoms with Crippen LogP contribution < -0.4 is 38.9 Å². The molecule has 0 saturated heterocycles. The van der Waals surface area contributed by atoms with Gasteiger partial charge in [0.05, 0.1) is 50.8 Å². The summed E-state index contributed by atoms with van der Waals surface area (Å²) in [6, 6.07) is 7.37. The van der Waals surface area contributed by atoms with Crippen molar-refractivity contribution >= 4 is 0 Å². The molecule has 0 amide bonds. The van der Waals surface area contributed by atoms with Crippen molar-refractivity contribution in [2.75, 3.05) is 39.6 Å². The van der Waals surface area contributed by atoms with E-state index in [0.717, 1.165) is 77.0 Å². The standard InChI is InChI=1S/2C21H36O5.Zr/c2*1-6-9-14-23-18-13-12-17(21(4,5)26-22)19(24-15-10-7-2)20(18)25-16-11-8-3;/h2*12-13,22H,6-11,14-16H2,1-5H3;/q;;+2/p-2. The number of ether oxygens (including phenoxy) is 6. The Morgan fingerprint density at radius 1 is 0.396 bits per heavy atom. The molecule has 0 N–H and O–H groups in total. The molecule has 0 aliphatic rings. The molecule has 0 fully saturated rings. The number of hydrogen-bond donors (Lipinski definition) is 0. The Morgan fingerprint density at radius 3 is 0.887 bits per heavy atom. The van der Waals surface area contributed by atoms with Crippen molar-refractivity contribution in [1.29, 1.82) is 0 Å². The van der Waals surface area contributed by atoms with E-state index in [0.29, 0.717) is 85.3 Å². The van der Waals surface area contributed by atoms with Crippen LogP contribution in [0.3, 0.4) is 0 Å². The van der Waals surface area contributed by atoms with Gasteiger partial charge in [-0.3, -0.25) is 0 Å². The predicted octanol–water partition coefficient (Wildman–Crippen LogP) is 9.50. The SMILES string of the molecule is CCCCOc1ccc(C(C)(C)O[O-])c(OCCCC)c1OCCCC.CCCCOc1ccc(C(C)(C)O[O-])c(OCCCC)c1OCCCC.[Zr+2]. The maximum Gasteiger partial charge on any atom is 2.00 e. The van der Waals surface area contributed by atoms with Crippen LogP contribution in [0.5, 0.6) is 34.5 Å². The van der Waals surface area contributed by atoms with Crippen molar-refractivity contribution in [2.24, 2.45) is 0 Å². The second-order valence-electron chi connectivity index (χ2n) is 13.9. The average Bonchev–Trinajstić information content (AvgIpc) is 3.13. The van der Waals surface area contributed by atoms with Gasteiger partial charge in [-0.15, -0.1) is 0 Å². The average molecular weight is 826 g/mol. The van der Waals surface area contributed by atoms with Crippen LogP contribution in [0.15, 0.2) is 24.3 Å². The molecule has 0 aliphatic heterocycles. The first-order valence-electron chi connectivity index (χ1n) is 19.8. The number of unbranched alkanes of at least 4 members (excludes halogenated alkanes) is 6. The zero-order valence-electron chi connectivity index (χ0n) is 34.6. The molecule has 0 spiro atoms. The van der Waals surface area contributed by atoms with Gasteiger partial charge in [0.25, 0.3) is 0 Å². The zero-order valence-corrected chi connectivity index (χ0v) is 37.1. The van der Waals surface area contributed by atoms with E-state index in [2.05, 4.69) is 51.3 Å². The third-order valence-electron chi connectivity index (χ3n) is 8.35. The Morgan fingerprint density at radius 2 is 0.642 bits per heavy atom. The minimum Gasteiger partial charge on any atom is -0.723 e. The van der Waals surface area contributed by atoms with Gasteiger partial charge in [0, 0.05) is 11.1 Å². The summed E-state index contributed by atoms with van der Waals surface area (Å²) < 4.78 is 36.1. The van der Waals surface area contributed by atoms with Gasteiger partial charge in [0.2, 0.25) is 11.5 Å². The minimum absolute atomic E-state index is 0. The summed E-state index contributed by atoms with van der Waals surface area (Å²) >= 11 is 0. The molecule has 53 heavy (non-hydrogen) atoms. The molecule has 2 aromatic carbocycles. The molecule has 0 aromatic heterocycles. The van der Waals surface area contributed by atoms with Gasteiger partial charge >= 0.3 is 26.2 Å². The van der Waals surface area contributed by atoms with Crippen molar-refractivity contribution < 1.29 is 74.9 Å². The van der Waals surface area contributed by atoms with Gasteiger partial charge in [-0.2, -0.15) is 0 Å². The summed E-state index contributed by atoms with van der Waals surface area (Å²) in [4.78, 5) is 8.93. The molecule has 0 unspecified atom stereocenters. The fraction of sp³-hybridized carbons (Fsp3) is 0.714. The van der Waals surface area contributed by atoms with E-state index in [9.17, 15) is 10.5 Å². The van der Waals surface area contributed by atoms with Crippen LogP contribution in [0, 0.1) is 0 Å². The fourth-order valence-corrected chi connectivity index (χ4v) is 4.84. The molecule has 0 atom stereocenters. The van der Waals surface area contributed by atoms with Crippen molar-refractivity contribution in [3.05, 3.63) is 35.4 Å². The van der Waals surface area contributed by atoms with Gasteiger partial charge < -0.3 is 48.7 Å². The summed E-state index contributed by atoms with van der Waals surface area (Å²) in [5, 5.41) is 22.5. The van der Waals surface area contributed by atoms with Crippen molar-refractivity contribution in [2.45, 2.75) is 157 Å². The van der Waals surface area contributed by atoms with Crippen LogP contribution in [0.4, 0.5) is 0 Å². The minimum atomic E-state index is -1.02. The van der Waals surface area contributed by atoms with Crippen LogP contribution in [0.1, 0.15) is 157 Å². The molecule has 11 heteroatoms. The Hall–Kier alpha value is -2.04. The number of benzene rings is 2. The number of hydrogen-bond acceptors (Lipinski definition) is 10. The Labute approximate surface area is 340 Å². The molecule has 2 aromatic rings. The zero-order chi connectivity index (χ0) is 38.8. The first kappa shape index (κ1) is 51.0. The molecule has 0 saturated carbocycles. The molecular formula is C42H70O10Zr. The largest absolute Gasteiger partial charge is 2.00 e. The van der Waals surface area contributed by atoms with Crippen LogP contribution >= 0.6 is 0 Å². The first-order valence-corrected chi connectivity index (χ1v) is 19.8. The monoisotopic (exact) mass is 824 g/mol. The van der Waals surface area contributed by atoms with Gasteiger partial charge in [-0.1, -0.05) is 80.1 Å². The molecule has 10 nitrogen and oxygen atoms in total. The topological polar surface area (TPSA) is 120 Å². The van der Waals surface area contributed by atoms with Crippen molar-refractivity contribution in [3.8, 4) is 34.5 Å². The predicted molar refractivity (Wildman–Crippen MR) is 204 cm³/mol. The Kier molecular flexibility index (Phi) is 28.2. The van der Waals surface area contributed by atoms with Gasteiger partial charge in [-0.25, -0.2) is 0 Å². The van der Waals surface area contributed by atoms with E-state index in [1.165, 1.54) is 0 Å². The van der Waals surface area contributed by atoms with Crippen LogP contribution in [0.25, 0.3) is 0 Å². The molecule has 0 heterocycles. The Balaban J connectivity index is 0.00000100. The van der Waals surface area contributed by atoms with Crippen LogP contribution in [-0.2, 0) is 47.2 Å². The van der Waals surface area contributed by atoms with E-state index >= 15 is 0 Å². The smallest absolute Gasteiger partial charge is 0.723 e. The molecule has 2 rings (SSSR count). The second-order valence-corrected chi connectivity index (χ2v) is 13.9. The van der Waals surface area contributed by atoms with E-state index < -0.39 is 11.2 Å². The molecule has 302 valence electrons.